The summed E-state index contributed by atoms with van der Waals surface area (Å²) in [5.74, 6) is 2.90. The molecule has 0 aliphatic carbocycles. The lowest BCUT2D eigenvalue weighted by Gasteiger charge is -2.18. The molecule has 31 heavy (non-hydrogen) atoms. The fourth-order valence-electron chi connectivity index (χ4n) is 4.82. The molecule has 3 nitrogen and oxygen atoms in total. The third kappa shape index (κ3) is 4.87. The van der Waals surface area contributed by atoms with Crippen LogP contribution in [0.4, 0.5) is 0 Å². The van der Waals surface area contributed by atoms with Crippen LogP contribution in [0.15, 0.2) is 36.4 Å². The predicted octanol–water partition coefficient (Wildman–Crippen LogP) is 6.44. The van der Waals surface area contributed by atoms with Crippen molar-refractivity contribution in [2.75, 3.05) is 21.3 Å². The van der Waals surface area contributed by atoms with E-state index in [0.29, 0.717) is 0 Å². The molecule has 0 aliphatic rings. The van der Waals surface area contributed by atoms with Gasteiger partial charge in [-0.05, 0) is 79.1 Å². The molecular formula is C28H34O3. The fourth-order valence-corrected chi connectivity index (χ4v) is 4.82. The van der Waals surface area contributed by atoms with Crippen LogP contribution >= 0.6 is 0 Å². The molecule has 3 aromatic carbocycles. The first kappa shape index (κ1) is 22.7. The third-order valence-electron chi connectivity index (χ3n) is 5.83. The van der Waals surface area contributed by atoms with Crippen molar-refractivity contribution in [3.05, 3.63) is 86.5 Å². The minimum Gasteiger partial charge on any atom is -0.496 e. The summed E-state index contributed by atoms with van der Waals surface area (Å²) < 4.78 is 17.0. The van der Waals surface area contributed by atoms with Crippen LogP contribution in [-0.2, 0) is 12.8 Å². The van der Waals surface area contributed by atoms with E-state index in [0.717, 1.165) is 52.3 Å². The zero-order chi connectivity index (χ0) is 22.7. The van der Waals surface area contributed by atoms with Gasteiger partial charge in [-0.1, -0.05) is 42.0 Å². The maximum atomic E-state index is 5.94. The molecule has 0 radical (unpaired) electrons. The Bertz CT molecular complexity index is 967. The highest BCUT2D eigenvalue weighted by molar-refractivity contribution is 5.52. The quantitative estimate of drug-likeness (QED) is 0.442. The monoisotopic (exact) mass is 418 g/mol. The maximum Gasteiger partial charge on any atom is 0.125 e. The van der Waals surface area contributed by atoms with Gasteiger partial charge in [0.25, 0.3) is 0 Å². The number of hydrogen-bond acceptors (Lipinski definition) is 3. The Labute approximate surface area is 187 Å². The number of methoxy groups -OCH3 is 3. The van der Waals surface area contributed by atoms with Gasteiger partial charge in [0, 0.05) is 12.8 Å². The van der Waals surface area contributed by atoms with E-state index < -0.39 is 0 Å². The molecule has 3 heteroatoms. The Morgan fingerprint density at radius 2 is 0.806 bits per heavy atom. The normalized spacial score (nSPS) is 10.8. The van der Waals surface area contributed by atoms with Gasteiger partial charge < -0.3 is 14.2 Å². The average Bonchev–Trinajstić information content (AvgIpc) is 2.67. The summed E-state index contributed by atoms with van der Waals surface area (Å²) in [6.45, 7) is 10.6. The van der Waals surface area contributed by atoms with Crippen LogP contribution in [0.1, 0.15) is 50.1 Å². The highest BCUT2D eigenvalue weighted by Crippen LogP contribution is 2.33. The van der Waals surface area contributed by atoms with Gasteiger partial charge >= 0.3 is 0 Å². The molecule has 0 heterocycles. The molecule has 0 fully saturated rings. The largest absolute Gasteiger partial charge is 0.496 e. The summed E-state index contributed by atoms with van der Waals surface area (Å²) in [6, 6.07) is 13.3. The smallest absolute Gasteiger partial charge is 0.125 e. The average molecular weight is 419 g/mol. The summed E-state index contributed by atoms with van der Waals surface area (Å²) in [5.41, 5.74) is 10.8. The molecule has 0 bridgehead atoms. The molecule has 164 valence electrons. The Morgan fingerprint density at radius 3 is 1.10 bits per heavy atom. The number of benzene rings is 3. The Morgan fingerprint density at radius 1 is 0.484 bits per heavy atom. The molecule has 0 unspecified atom stereocenters. The van der Waals surface area contributed by atoms with E-state index in [4.69, 9.17) is 14.2 Å². The SMILES string of the molecule is COc1c(C)cc(Cc2cc(C)cc(Cc3cc(C)c(OC)c(C)c3)c2OC)cc1C. The van der Waals surface area contributed by atoms with Gasteiger partial charge in [0.2, 0.25) is 0 Å². The first-order valence-electron chi connectivity index (χ1n) is 10.7. The van der Waals surface area contributed by atoms with Crippen molar-refractivity contribution >= 4 is 0 Å². The summed E-state index contributed by atoms with van der Waals surface area (Å²) in [5, 5.41) is 0. The lowest BCUT2D eigenvalue weighted by Crippen LogP contribution is -2.03. The van der Waals surface area contributed by atoms with Crippen molar-refractivity contribution in [3.8, 4) is 17.2 Å². The van der Waals surface area contributed by atoms with E-state index in [2.05, 4.69) is 71.0 Å². The van der Waals surface area contributed by atoms with Gasteiger partial charge in [-0.25, -0.2) is 0 Å². The maximum absolute atomic E-state index is 5.94. The number of rotatable bonds is 7. The van der Waals surface area contributed by atoms with Crippen LogP contribution in [0, 0.1) is 34.6 Å². The first-order valence-corrected chi connectivity index (χ1v) is 10.7. The van der Waals surface area contributed by atoms with Crippen LogP contribution in [-0.4, -0.2) is 21.3 Å². The van der Waals surface area contributed by atoms with E-state index in [1.165, 1.54) is 27.8 Å². The minimum atomic E-state index is 0.824. The highest BCUT2D eigenvalue weighted by Gasteiger charge is 2.15. The molecule has 3 rings (SSSR count). The van der Waals surface area contributed by atoms with Gasteiger partial charge in [0.15, 0.2) is 0 Å². The van der Waals surface area contributed by atoms with Crippen molar-refractivity contribution in [1.82, 2.24) is 0 Å². The zero-order valence-corrected chi connectivity index (χ0v) is 20.1. The lowest BCUT2D eigenvalue weighted by atomic mass is 9.93. The van der Waals surface area contributed by atoms with Crippen LogP contribution in [0.2, 0.25) is 0 Å². The molecule has 0 spiro atoms. The minimum absolute atomic E-state index is 0.824. The van der Waals surface area contributed by atoms with Crippen molar-refractivity contribution in [2.45, 2.75) is 47.5 Å². The van der Waals surface area contributed by atoms with Gasteiger partial charge in [-0.3, -0.25) is 0 Å². The predicted molar refractivity (Wildman–Crippen MR) is 128 cm³/mol. The highest BCUT2D eigenvalue weighted by atomic mass is 16.5. The van der Waals surface area contributed by atoms with Crippen LogP contribution < -0.4 is 14.2 Å². The van der Waals surface area contributed by atoms with Crippen LogP contribution in [0.3, 0.4) is 0 Å². The lowest BCUT2D eigenvalue weighted by molar-refractivity contribution is 0.405. The molecule has 0 N–H and O–H groups in total. The molecule has 3 aromatic rings. The number of ether oxygens (including phenoxy) is 3. The van der Waals surface area contributed by atoms with Gasteiger partial charge in [-0.2, -0.15) is 0 Å². The zero-order valence-electron chi connectivity index (χ0n) is 20.1. The molecule has 0 saturated carbocycles. The van der Waals surface area contributed by atoms with E-state index in [1.54, 1.807) is 21.3 Å². The fraction of sp³-hybridized carbons (Fsp3) is 0.357. The molecule has 0 aliphatic heterocycles. The van der Waals surface area contributed by atoms with E-state index in [-0.39, 0.29) is 0 Å². The van der Waals surface area contributed by atoms with Gasteiger partial charge in [0.05, 0.1) is 21.3 Å². The Kier molecular flexibility index (Phi) is 6.94. The third-order valence-corrected chi connectivity index (χ3v) is 5.83. The van der Waals surface area contributed by atoms with Crippen LogP contribution in [0.25, 0.3) is 0 Å². The van der Waals surface area contributed by atoms with Crippen molar-refractivity contribution in [3.63, 3.8) is 0 Å². The topological polar surface area (TPSA) is 27.7 Å². The summed E-state index contributed by atoms with van der Waals surface area (Å²) >= 11 is 0. The number of aryl methyl sites for hydroxylation is 5. The molecule has 0 amide bonds. The molecule has 0 saturated heterocycles. The van der Waals surface area contributed by atoms with Gasteiger partial charge in [-0.15, -0.1) is 0 Å². The Hall–Kier alpha value is -2.94. The second-order valence-electron chi connectivity index (χ2n) is 8.50. The van der Waals surface area contributed by atoms with E-state index in [9.17, 15) is 0 Å². The summed E-state index contributed by atoms with van der Waals surface area (Å²) in [7, 11) is 5.23. The van der Waals surface area contributed by atoms with E-state index >= 15 is 0 Å². The second-order valence-corrected chi connectivity index (χ2v) is 8.50. The van der Waals surface area contributed by atoms with Crippen molar-refractivity contribution in [1.29, 1.82) is 0 Å². The van der Waals surface area contributed by atoms with E-state index in [1.807, 2.05) is 0 Å². The standard InChI is InChI=1S/C28H34O3/c1-17-9-24(15-22-11-18(2)26(29-6)19(3)12-22)28(31-8)25(10-17)16-23-13-20(4)27(30-7)21(5)14-23/h9-14H,15-16H2,1-8H3. The summed E-state index contributed by atoms with van der Waals surface area (Å²) in [6.07, 6.45) is 1.65. The number of hydrogen-bond donors (Lipinski definition) is 0. The first-order chi connectivity index (χ1) is 14.8. The summed E-state index contributed by atoms with van der Waals surface area (Å²) in [4.78, 5) is 0. The molecule has 0 aromatic heterocycles. The van der Waals surface area contributed by atoms with Crippen LogP contribution in [0.5, 0.6) is 17.2 Å². The molecular weight excluding hydrogens is 384 g/mol. The van der Waals surface area contributed by atoms with Gasteiger partial charge in [0.1, 0.15) is 17.2 Å². The Balaban J connectivity index is 2.00. The van der Waals surface area contributed by atoms with Crippen molar-refractivity contribution in [2.24, 2.45) is 0 Å². The second kappa shape index (κ2) is 9.47. The molecule has 0 atom stereocenters. The van der Waals surface area contributed by atoms with Crippen molar-refractivity contribution < 1.29 is 14.2 Å².